The molecule has 0 unspecified atom stereocenters. The number of fused-ring (bicyclic) bond motifs is 10. The van der Waals surface area contributed by atoms with Crippen LogP contribution in [0.3, 0.4) is 0 Å². The Morgan fingerprint density at radius 2 is 1.02 bits per heavy atom. The number of ketones is 2. The average molecular weight is 646 g/mol. The minimum atomic E-state index is -0.644. The molecule has 3 aliphatic rings. The molecule has 49 heavy (non-hydrogen) atoms. The van der Waals surface area contributed by atoms with Crippen molar-refractivity contribution < 1.29 is 9.59 Å². The Labute approximate surface area is 288 Å². The topological polar surface area (TPSA) is 37.4 Å². The van der Waals surface area contributed by atoms with Gasteiger partial charge in [-0.2, -0.15) is 0 Å². The molecule has 0 N–H and O–H groups in total. The van der Waals surface area contributed by atoms with E-state index in [1.54, 1.807) is 17.8 Å². The first-order chi connectivity index (χ1) is 24.1. The zero-order valence-electron chi connectivity index (χ0n) is 26.3. The van der Waals surface area contributed by atoms with Crippen molar-refractivity contribution in [2.75, 3.05) is 4.90 Å². The number of hydrogen-bond donors (Lipinski definition) is 0. The Bertz CT molecular complexity index is 2480. The van der Waals surface area contributed by atoms with Gasteiger partial charge in [0.05, 0.1) is 22.4 Å². The van der Waals surface area contributed by atoms with Crippen LogP contribution in [0.5, 0.6) is 0 Å². The van der Waals surface area contributed by atoms with Crippen molar-refractivity contribution in [1.82, 2.24) is 0 Å². The zero-order valence-corrected chi connectivity index (χ0v) is 27.1. The number of hydrogen-bond acceptors (Lipinski definition) is 4. The third-order valence-electron chi connectivity index (χ3n) is 10.2. The number of para-hydroxylation sites is 2. The molecule has 2 heterocycles. The first kappa shape index (κ1) is 28.1. The lowest BCUT2D eigenvalue weighted by atomic mass is 9.62. The van der Waals surface area contributed by atoms with E-state index in [9.17, 15) is 9.59 Å². The lowest BCUT2D eigenvalue weighted by Crippen LogP contribution is -2.39. The third-order valence-corrected chi connectivity index (χ3v) is 11.4. The minimum absolute atomic E-state index is 0.204. The molecule has 1 aliphatic carbocycles. The van der Waals surface area contributed by atoms with Crippen LogP contribution < -0.4 is 4.90 Å². The number of nitrogens with zero attached hydrogens (tertiary/aromatic N) is 1. The number of Topliss-reactive ketones (excluding diaryl/α,β-unsaturated/α-hetero) is 2. The van der Waals surface area contributed by atoms with Gasteiger partial charge in [-0.3, -0.25) is 9.59 Å². The van der Waals surface area contributed by atoms with E-state index in [4.69, 9.17) is 0 Å². The van der Waals surface area contributed by atoms with E-state index in [1.165, 1.54) is 26.5 Å². The molecule has 0 fully saturated rings. The highest BCUT2D eigenvalue weighted by Crippen LogP contribution is 2.62. The highest BCUT2D eigenvalue weighted by Gasteiger charge is 2.50. The summed E-state index contributed by atoms with van der Waals surface area (Å²) < 4.78 is 0. The molecular formula is C45H27NO2S. The molecule has 3 nitrogen and oxygen atoms in total. The summed E-state index contributed by atoms with van der Waals surface area (Å²) in [5, 5.41) is 1.90. The molecule has 0 atom stereocenters. The Kier molecular flexibility index (Phi) is 6.03. The van der Waals surface area contributed by atoms with Gasteiger partial charge in [0, 0.05) is 26.6 Å². The molecule has 1 spiro atoms. The van der Waals surface area contributed by atoms with Gasteiger partial charge >= 0.3 is 0 Å². The lowest BCUT2D eigenvalue weighted by Gasteiger charge is -2.49. The van der Waals surface area contributed by atoms with Gasteiger partial charge in [0.25, 0.3) is 0 Å². The molecule has 0 bridgehead atoms. The summed E-state index contributed by atoms with van der Waals surface area (Å²) in [5.41, 5.74) is 9.28. The van der Waals surface area contributed by atoms with Gasteiger partial charge in [0.2, 0.25) is 0 Å². The van der Waals surface area contributed by atoms with Crippen LogP contribution in [0, 0.1) is 0 Å². The summed E-state index contributed by atoms with van der Waals surface area (Å²) in [6.07, 6.45) is 1.80. The maximum absolute atomic E-state index is 13.9. The molecule has 0 saturated heterocycles. The molecule has 0 aromatic heterocycles. The molecule has 0 saturated carbocycles. The van der Waals surface area contributed by atoms with Gasteiger partial charge in [-0.05, 0) is 99.3 Å². The molecule has 10 rings (SSSR count). The Morgan fingerprint density at radius 3 is 1.67 bits per heavy atom. The van der Waals surface area contributed by atoms with Crippen molar-refractivity contribution in [3.05, 3.63) is 202 Å². The summed E-state index contributed by atoms with van der Waals surface area (Å²) in [6.45, 7) is 0. The van der Waals surface area contributed by atoms with Crippen LogP contribution in [0.2, 0.25) is 0 Å². The fourth-order valence-electron chi connectivity index (χ4n) is 8.14. The maximum atomic E-state index is 13.9. The Hall–Kier alpha value is -5.97. The third kappa shape index (κ3) is 3.92. The van der Waals surface area contributed by atoms with Crippen LogP contribution in [0.4, 0.5) is 17.1 Å². The molecule has 4 heteroatoms. The van der Waals surface area contributed by atoms with Gasteiger partial charge in [0.15, 0.2) is 11.6 Å². The number of benzene rings is 7. The van der Waals surface area contributed by atoms with Crippen molar-refractivity contribution >= 4 is 57.2 Å². The number of rotatable bonds is 2. The summed E-state index contributed by atoms with van der Waals surface area (Å²) in [7, 11) is 0. The van der Waals surface area contributed by atoms with Crippen molar-refractivity contribution in [3.8, 4) is 0 Å². The second-order valence-corrected chi connectivity index (χ2v) is 13.9. The molecule has 7 aromatic carbocycles. The van der Waals surface area contributed by atoms with Gasteiger partial charge in [0.1, 0.15) is 0 Å². The van der Waals surface area contributed by atoms with Crippen molar-refractivity contribution in [3.63, 3.8) is 0 Å². The summed E-state index contributed by atoms with van der Waals surface area (Å²) in [5.74, 6) is -0.446. The predicted octanol–water partition coefficient (Wildman–Crippen LogP) is 10.9. The van der Waals surface area contributed by atoms with E-state index in [1.807, 2.05) is 48.5 Å². The minimum Gasteiger partial charge on any atom is -0.310 e. The summed E-state index contributed by atoms with van der Waals surface area (Å²) in [4.78, 5) is 32.5. The van der Waals surface area contributed by atoms with E-state index in [2.05, 4.69) is 114 Å². The Balaban J connectivity index is 1.26. The normalized spacial score (nSPS) is 15.0. The second kappa shape index (κ2) is 10.5. The maximum Gasteiger partial charge on any atom is 0.197 e. The molecule has 0 amide bonds. The van der Waals surface area contributed by atoms with E-state index in [-0.39, 0.29) is 17.1 Å². The second-order valence-electron chi connectivity index (χ2n) is 12.8. The van der Waals surface area contributed by atoms with Crippen LogP contribution in [-0.2, 0) is 5.41 Å². The van der Waals surface area contributed by atoms with Crippen LogP contribution in [-0.4, -0.2) is 11.6 Å². The summed E-state index contributed by atoms with van der Waals surface area (Å²) in [6, 6.07) is 54.6. The fraction of sp³-hybridized carbons (Fsp3) is 0.0222. The molecule has 0 radical (unpaired) electrons. The lowest BCUT2D eigenvalue weighted by molar-refractivity contribution is 0.0990. The van der Waals surface area contributed by atoms with Gasteiger partial charge < -0.3 is 4.90 Å². The highest BCUT2D eigenvalue weighted by molar-refractivity contribution is 7.99. The predicted molar refractivity (Wildman–Crippen MR) is 198 cm³/mol. The summed E-state index contributed by atoms with van der Waals surface area (Å²) >= 11 is 1.81. The fourth-order valence-corrected chi connectivity index (χ4v) is 9.33. The number of carbonyl (C=O) groups excluding carboxylic acids is 2. The van der Waals surface area contributed by atoms with Crippen molar-refractivity contribution in [2.45, 2.75) is 15.2 Å². The smallest absolute Gasteiger partial charge is 0.197 e. The number of anilines is 3. The highest BCUT2D eigenvalue weighted by atomic mass is 32.2. The van der Waals surface area contributed by atoms with Gasteiger partial charge in [-0.15, -0.1) is 0 Å². The van der Waals surface area contributed by atoms with Gasteiger partial charge in [-0.1, -0.05) is 115 Å². The van der Waals surface area contributed by atoms with Crippen molar-refractivity contribution in [1.29, 1.82) is 0 Å². The molecule has 2 aliphatic heterocycles. The largest absolute Gasteiger partial charge is 0.310 e. The van der Waals surface area contributed by atoms with Crippen LogP contribution in [0.15, 0.2) is 173 Å². The molecule has 230 valence electrons. The van der Waals surface area contributed by atoms with E-state index >= 15 is 0 Å². The van der Waals surface area contributed by atoms with Crippen molar-refractivity contribution in [2.24, 2.45) is 0 Å². The van der Waals surface area contributed by atoms with E-state index in [0.717, 1.165) is 39.0 Å². The monoisotopic (exact) mass is 645 g/mol. The van der Waals surface area contributed by atoms with Crippen LogP contribution >= 0.6 is 11.8 Å². The van der Waals surface area contributed by atoms with Gasteiger partial charge in [-0.25, -0.2) is 0 Å². The average Bonchev–Trinajstić information content (AvgIpc) is 3.38. The quantitative estimate of drug-likeness (QED) is 0.138. The van der Waals surface area contributed by atoms with E-state index < -0.39 is 5.41 Å². The van der Waals surface area contributed by atoms with Crippen LogP contribution in [0.25, 0.3) is 16.8 Å². The van der Waals surface area contributed by atoms with E-state index in [0.29, 0.717) is 11.1 Å². The zero-order chi connectivity index (χ0) is 32.7. The first-order valence-electron chi connectivity index (χ1n) is 16.4. The molecular weight excluding hydrogens is 619 g/mol. The Morgan fingerprint density at radius 1 is 0.490 bits per heavy atom. The number of carbonyl (C=O) groups is 2. The SMILES string of the molecule is O=C1C(=Cc2ccc3c(c2)C2(c4ccccc4Sc4ccccc42)c2ccccc2N3c2ccccc2)C(=O)c2cc3ccccc3cc21. The first-order valence-corrected chi connectivity index (χ1v) is 17.2. The molecule has 7 aromatic rings. The number of allylic oxidation sites excluding steroid dienone is 1. The standard InChI is InChI=1S/C45H27NO2S/c47-43-32-26-29-12-4-5-13-30(29)27-33(32)44(48)34(43)24-28-22-23-40-38(25-28)45(35-16-6-9-19-39(35)46(40)31-14-2-1-3-15-31)36-17-7-10-20-41(36)49-42-21-11-8-18-37(42)45/h1-27H. The van der Waals surface area contributed by atoms with Crippen LogP contribution in [0.1, 0.15) is 48.5 Å².